The second kappa shape index (κ2) is 13.7. The maximum atomic E-state index is 12.8. The van der Waals surface area contributed by atoms with Gasteiger partial charge < -0.3 is 29.8 Å². The Morgan fingerprint density at radius 1 is 1.16 bits per heavy atom. The number of amides is 2. The molecule has 0 bridgehead atoms. The number of aliphatic hydroxyl groups excluding tert-OH is 1. The van der Waals surface area contributed by atoms with E-state index in [-0.39, 0.29) is 35.8 Å². The lowest BCUT2D eigenvalue weighted by Crippen LogP contribution is -2.42. The smallest absolute Gasteiger partial charge is 0.270 e. The standard InChI is InChI=1S/C31H39N9O5/c1-31(37-38-31)8-4-29(42)40-10-6-23(7-11-40)36-28-13-27(34-19-35-28)30(43)33-14-24(41)17-39-9-5-21-12-25(3-2-22(21)16-39)44-18-26-15-32-20-45-26/h2-3,12-13,15,19-20,23-24,41H,4-11,14,16-18H2,1H3,(H,33,43)(H,34,35,36). The number of rotatable bonds is 13. The molecule has 238 valence electrons. The summed E-state index contributed by atoms with van der Waals surface area (Å²) in [5.74, 6) is 1.78. The van der Waals surface area contributed by atoms with Crippen molar-refractivity contribution in [1.29, 1.82) is 0 Å². The summed E-state index contributed by atoms with van der Waals surface area (Å²) in [6.45, 7) is 5.64. The molecule has 14 nitrogen and oxygen atoms in total. The summed E-state index contributed by atoms with van der Waals surface area (Å²) in [5, 5.41) is 24.8. The molecule has 45 heavy (non-hydrogen) atoms. The number of carbonyl (C=O) groups excluding carboxylic acids is 2. The molecule has 3 aliphatic rings. The molecule has 1 fully saturated rings. The Bertz CT molecular complexity index is 1500. The number of oxazole rings is 1. The van der Waals surface area contributed by atoms with Crippen molar-refractivity contribution in [3.63, 3.8) is 0 Å². The minimum absolute atomic E-state index is 0.108. The van der Waals surface area contributed by atoms with Gasteiger partial charge in [-0.3, -0.25) is 14.5 Å². The van der Waals surface area contributed by atoms with Gasteiger partial charge in [0.2, 0.25) is 5.91 Å². The molecule has 2 aromatic heterocycles. The zero-order valence-corrected chi connectivity index (χ0v) is 25.4. The highest BCUT2D eigenvalue weighted by molar-refractivity contribution is 5.92. The number of carbonyl (C=O) groups is 2. The van der Waals surface area contributed by atoms with Crippen LogP contribution in [0.15, 0.2) is 57.8 Å². The van der Waals surface area contributed by atoms with Gasteiger partial charge in [0.15, 0.2) is 17.8 Å². The molecule has 1 saturated heterocycles. The summed E-state index contributed by atoms with van der Waals surface area (Å²) in [5.41, 5.74) is 2.29. The van der Waals surface area contributed by atoms with Crippen molar-refractivity contribution in [3.05, 3.63) is 65.8 Å². The van der Waals surface area contributed by atoms with E-state index in [1.165, 1.54) is 23.8 Å². The predicted molar refractivity (Wildman–Crippen MR) is 162 cm³/mol. The number of β-amino-alcohol motifs (C(OH)–C–C–N with tert-alkyl or cyclic N) is 1. The Morgan fingerprint density at radius 3 is 2.78 bits per heavy atom. The first-order valence-corrected chi connectivity index (χ1v) is 15.4. The van der Waals surface area contributed by atoms with Crippen molar-refractivity contribution in [2.75, 3.05) is 38.0 Å². The summed E-state index contributed by atoms with van der Waals surface area (Å²) in [6, 6.07) is 7.81. The fraction of sp³-hybridized carbons (Fsp3) is 0.516. The monoisotopic (exact) mass is 617 g/mol. The Labute approximate surface area is 261 Å². The molecule has 0 aliphatic carbocycles. The Balaban J connectivity index is 0.907. The van der Waals surface area contributed by atoms with Crippen LogP contribution in [-0.2, 0) is 24.4 Å². The summed E-state index contributed by atoms with van der Waals surface area (Å²) < 4.78 is 11.0. The molecule has 5 heterocycles. The van der Waals surface area contributed by atoms with E-state index in [0.29, 0.717) is 57.2 Å². The molecule has 0 radical (unpaired) electrons. The molecule has 3 aliphatic heterocycles. The quantitative estimate of drug-likeness (QED) is 0.259. The normalized spacial score (nSPS) is 18.2. The van der Waals surface area contributed by atoms with Gasteiger partial charge in [0.05, 0.1) is 12.3 Å². The number of hydrogen-bond acceptors (Lipinski definition) is 12. The maximum absolute atomic E-state index is 12.8. The third-order valence-electron chi connectivity index (χ3n) is 8.45. The Kier molecular flexibility index (Phi) is 9.31. The van der Waals surface area contributed by atoms with Crippen LogP contribution >= 0.6 is 0 Å². The fourth-order valence-corrected chi connectivity index (χ4v) is 5.69. The van der Waals surface area contributed by atoms with Gasteiger partial charge in [-0.2, -0.15) is 10.2 Å². The molecular weight excluding hydrogens is 578 g/mol. The minimum Gasteiger partial charge on any atom is -0.486 e. The van der Waals surface area contributed by atoms with Crippen molar-refractivity contribution in [3.8, 4) is 5.75 Å². The number of benzene rings is 1. The molecule has 3 N–H and O–H groups in total. The fourth-order valence-electron chi connectivity index (χ4n) is 5.69. The van der Waals surface area contributed by atoms with Crippen LogP contribution in [0.4, 0.5) is 5.82 Å². The first-order chi connectivity index (χ1) is 21.8. The van der Waals surface area contributed by atoms with Crippen molar-refractivity contribution < 1.29 is 23.8 Å². The van der Waals surface area contributed by atoms with Crippen LogP contribution in [0.5, 0.6) is 5.75 Å². The summed E-state index contributed by atoms with van der Waals surface area (Å²) in [7, 11) is 0. The number of anilines is 1. The highest BCUT2D eigenvalue weighted by atomic mass is 16.5. The lowest BCUT2D eigenvalue weighted by atomic mass is 9.99. The number of piperidine rings is 1. The van der Waals surface area contributed by atoms with E-state index >= 15 is 0 Å². The number of aliphatic hydroxyl groups is 1. The molecule has 3 aromatic rings. The zero-order chi connectivity index (χ0) is 31.2. The van der Waals surface area contributed by atoms with Crippen LogP contribution in [0.2, 0.25) is 0 Å². The summed E-state index contributed by atoms with van der Waals surface area (Å²) in [6.07, 6.45) is 7.17. The van der Waals surface area contributed by atoms with Crippen molar-refractivity contribution in [2.24, 2.45) is 10.2 Å². The van der Waals surface area contributed by atoms with Crippen molar-refractivity contribution in [2.45, 2.75) is 70.0 Å². The van der Waals surface area contributed by atoms with Gasteiger partial charge in [0.25, 0.3) is 5.91 Å². The first-order valence-electron chi connectivity index (χ1n) is 15.4. The topological polar surface area (TPSA) is 171 Å². The summed E-state index contributed by atoms with van der Waals surface area (Å²) in [4.78, 5) is 41.7. The lowest BCUT2D eigenvalue weighted by molar-refractivity contribution is -0.132. The molecule has 14 heteroatoms. The van der Waals surface area contributed by atoms with Crippen molar-refractivity contribution in [1.82, 2.24) is 30.1 Å². The highest BCUT2D eigenvalue weighted by Crippen LogP contribution is 2.32. The predicted octanol–water partition coefficient (Wildman–Crippen LogP) is 2.56. The zero-order valence-electron chi connectivity index (χ0n) is 25.4. The van der Waals surface area contributed by atoms with E-state index in [1.807, 2.05) is 17.9 Å². The number of ether oxygens (including phenoxy) is 1. The Hall–Kier alpha value is -4.43. The third kappa shape index (κ3) is 8.39. The first kappa shape index (κ1) is 30.6. The molecule has 1 aromatic carbocycles. The van der Waals surface area contributed by atoms with Crippen LogP contribution < -0.4 is 15.4 Å². The second-order valence-corrected chi connectivity index (χ2v) is 12.0. The average molecular weight is 618 g/mol. The van der Waals surface area contributed by atoms with Gasteiger partial charge in [-0.05, 0) is 49.4 Å². The number of fused-ring (bicyclic) bond motifs is 1. The molecule has 6 rings (SSSR count). The number of nitrogens with zero attached hydrogens (tertiary/aromatic N) is 7. The number of likely N-dealkylation sites (tertiary alicyclic amines) is 1. The van der Waals surface area contributed by atoms with Crippen molar-refractivity contribution >= 4 is 17.6 Å². The van der Waals surface area contributed by atoms with Gasteiger partial charge in [-0.25, -0.2) is 15.0 Å². The van der Waals surface area contributed by atoms with Gasteiger partial charge in [0, 0.05) is 64.2 Å². The van der Waals surface area contributed by atoms with E-state index in [1.54, 1.807) is 12.3 Å². The molecule has 0 spiro atoms. The SMILES string of the molecule is CC1(CCC(=O)N2CCC(Nc3cc(C(=O)NCC(O)CN4CCc5cc(OCc6cnco6)ccc5C4)ncn3)CC2)N=N1. The van der Waals surface area contributed by atoms with Crippen LogP contribution in [0, 0.1) is 0 Å². The largest absolute Gasteiger partial charge is 0.486 e. The van der Waals surface area contributed by atoms with Gasteiger partial charge >= 0.3 is 0 Å². The minimum atomic E-state index is -0.733. The third-order valence-corrected chi connectivity index (χ3v) is 8.45. The average Bonchev–Trinajstić information content (AvgIpc) is 3.56. The van der Waals surface area contributed by atoms with E-state index < -0.39 is 6.10 Å². The van der Waals surface area contributed by atoms with Crippen LogP contribution in [-0.4, -0.2) is 92.2 Å². The second-order valence-electron chi connectivity index (χ2n) is 12.0. The Morgan fingerprint density at radius 2 is 2.00 bits per heavy atom. The van der Waals surface area contributed by atoms with Crippen LogP contribution in [0.1, 0.15) is 60.0 Å². The van der Waals surface area contributed by atoms with E-state index in [0.717, 1.165) is 31.6 Å². The van der Waals surface area contributed by atoms with Crippen LogP contribution in [0.3, 0.4) is 0 Å². The van der Waals surface area contributed by atoms with Gasteiger partial charge in [-0.1, -0.05) is 6.07 Å². The molecule has 1 unspecified atom stereocenters. The van der Waals surface area contributed by atoms with Gasteiger partial charge in [0.1, 0.15) is 30.2 Å². The number of hydrogen-bond donors (Lipinski definition) is 3. The lowest BCUT2D eigenvalue weighted by Gasteiger charge is -2.32. The van der Waals surface area contributed by atoms with Crippen LogP contribution in [0.25, 0.3) is 0 Å². The van der Waals surface area contributed by atoms with E-state index in [4.69, 9.17) is 9.15 Å². The highest BCUT2D eigenvalue weighted by Gasteiger charge is 2.35. The summed E-state index contributed by atoms with van der Waals surface area (Å²) >= 11 is 0. The van der Waals surface area contributed by atoms with E-state index in [2.05, 4.69) is 52.8 Å². The number of nitrogens with one attached hydrogen (secondary N) is 2. The molecule has 0 saturated carbocycles. The maximum Gasteiger partial charge on any atom is 0.270 e. The molecule has 1 atom stereocenters. The number of aromatic nitrogens is 3. The van der Waals surface area contributed by atoms with Gasteiger partial charge in [-0.15, -0.1) is 0 Å². The molecular formula is C31H39N9O5. The molecule has 2 amide bonds. The van der Waals surface area contributed by atoms with E-state index in [9.17, 15) is 14.7 Å².